The van der Waals surface area contributed by atoms with Gasteiger partial charge in [-0.1, -0.05) is 32.8 Å². The van der Waals surface area contributed by atoms with Gasteiger partial charge >= 0.3 is 5.97 Å². The number of thioether (sulfide) groups is 1. The molecule has 6 nitrogen and oxygen atoms in total. The Balaban J connectivity index is 1.70. The van der Waals surface area contributed by atoms with Crippen LogP contribution < -0.4 is 10.2 Å². The Kier molecular flexibility index (Phi) is 8.19. The molecular formula is C23H33N3O3S. The van der Waals surface area contributed by atoms with E-state index in [2.05, 4.69) is 23.7 Å². The van der Waals surface area contributed by atoms with Crippen LogP contribution in [0.3, 0.4) is 0 Å². The summed E-state index contributed by atoms with van der Waals surface area (Å²) < 4.78 is 0. The van der Waals surface area contributed by atoms with Crippen molar-refractivity contribution in [2.45, 2.75) is 69.4 Å². The Morgan fingerprint density at radius 2 is 1.90 bits per heavy atom. The molecule has 1 aliphatic carbocycles. The highest BCUT2D eigenvalue weighted by atomic mass is 32.2. The number of piperidine rings is 1. The van der Waals surface area contributed by atoms with Crippen LogP contribution in [0, 0.1) is 5.92 Å². The first-order valence-electron chi connectivity index (χ1n) is 11.1. The van der Waals surface area contributed by atoms with Crippen LogP contribution in [0.2, 0.25) is 0 Å². The van der Waals surface area contributed by atoms with Crippen molar-refractivity contribution >= 4 is 29.5 Å². The molecule has 2 fully saturated rings. The van der Waals surface area contributed by atoms with Crippen LogP contribution in [0.25, 0.3) is 0 Å². The van der Waals surface area contributed by atoms with Gasteiger partial charge in [0, 0.05) is 24.7 Å². The van der Waals surface area contributed by atoms with Crippen molar-refractivity contribution in [3.8, 4) is 0 Å². The molecule has 1 aromatic rings. The molecule has 1 saturated carbocycles. The maximum atomic E-state index is 12.9. The van der Waals surface area contributed by atoms with E-state index in [1.807, 2.05) is 12.1 Å². The summed E-state index contributed by atoms with van der Waals surface area (Å²) in [5.41, 5.74) is 0.966. The third kappa shape index (κ3) is 5.78. The highest BCUT2D eigenvalue weighted by Crippen LogP contribution is 2.30. The summed E-state index contributed by atoms with van der Waals surface area (Å²) in [7, 11) is 0. The lowest BCUT2D eigenvalue weighted by Crippen LogP contribution is -2.37. The first-order chi connectivity index (χ1) is 14.5. The van der Waals surface area contributed by atoms with E-state index >= 15 is 0 Å². The highest BCUT2D eigenvalue weighted by molar-refractivity contribution is 7.99. The van der Waals surface area contributed by atoms with E-state index in [1.54, 1.807) is 11.8 Å². The molecule has 1 saturated heterocycles. The van der Waals surface area contributed by atoms with E-state index < -0.39 is 5.97 Å². The number of carboxylic acids is 1. The average molecular weight is 432 g/mol. The lowest BCUT2D eigenvalue weighted by molar-refractivity contribution is -0.133. The van der Waals surface area contributed by atoms with Gasteiger partial charge in [0.1, 0.15) is 10.8 Å². The van der Waals surface area contributed by atoms with Crippen LogP contribution in [0.1, 0.15) is 68.6 Å². The van der Waals surface area contributed by atoms with Gasteiger partial charge in [0.2, 0.25) is 0 Å². The number of nitrogens with one attached hydrogen (secondary N) is 1. The third-order valence-corrected chi connectivity index (χ3v) is 7.26. The minimum Gasteiger partial charge on any atom is -0.478 e. The molecule has 164 valence electrons. The molecule has 0 aromatic carbocycles. The summed E-state index contributed by atoms with van der Waals surface area (Å²) in [6.07, 6.45) is 8.28. The third-order valence-electron chi connectivity index (χ3n) is 6.06. The SMILES string of the molecule is C=C(C(=O)O)C1CCN(c2ccc(C(=O)NC3CCCCC3)c(SCCC)n2)CC1. The molecule has 7 heteroatoms. The second-order valence-electron chi connectivity index (χ2n) is 8.27. The predicted molar refractivity (Wildman–Crippen MR) is 121 cm³/mol. The number of amides is 1. The minimum absolute atomic E-state index is 0.0176. The van der Waals surface area contributed by atoms with Gasteiger partial charge in [0.25, 0.3) is 5.91 Å². The summed E-state index contributed by atoms with van der Waals surface area (Å²) in [4.78, 5) is 31.1. The molecule has 0 atom stereocenters. The number of hydrogen-bond acceptors (Lipinski definition) is 5. The Morgan fingerprint density at radius 3 is 2.53 bits per heavy atom. The number of aliphatic carboxylic acids is 1. The summed E-state index contributed by atoms with van der Waals surface area (Å²) in [6, 6.07) is 4.11. The minimum atomic E-state index is -0.904. The number of rotatable bonds is 8. The smallest absolute Gasteiger partial charge is 0.331 e. The van der Waals surface area contributed by atoms with Crippen molar-refractivity contribution < 1.29 is 14.7 Å². The number of pyridine rings is 1. The molecule has 0 radical (unpaired) electrons. The molecule has 0 spiro atoms. The van der Waals surface area contributed by atoms with Crippen molar-refractivity contribution in [2.24, 2.45) is 5.92 Å². The number of aromatic nitrogens is 1. The summed E-state index contributed by atoms with van der Waals surface area (Å²) in [5, 5.41) is 13.2. The molecule has 2 aliphatic rings. The van der Waals surface area contributed by atoms with Crippen molar-refractivity contribution in [3.05, 3.63) is 29.8 Å². The van der Waals surface area contributed by atoms with Crippen molar-refractivity contribution in [2.75, 3.05) is 23.7 Å². The largest absolute Gasteiger partial charge is 0.478 e. The first kappa shape index (κ1) is 22.7. The van der Waals surface area contributed by atoms with Gasteiger partial charge in [0.15, 0.2) is 0 Å². The van der Waals surface area contributed by atoms with Crippen molar-refractivity contribution in [1.29, 1.82) is 0 Å². The molecule has 0 bridgehead atoms. The van der Waals surface area contributed by atoms with Crippen LogP contribution in [-0.4, -0.2) is 46.9 Å². The fourth-order valence-electron chi connectivity index (χ4n) is 4.23. The zero-order chi connectivity index (χ0) is 21.5. The summed E-state index contributed by atoms with van der Waals surface area (Å²) in [5.74, 6) is 0.880. The molecule has 0 unspecified atom stereocenters. The zero-order valence-corrected chi connectivity index (χ0v) is 18.7. The van der Waals surface area contributed by atoms with E-state index in [1.165, 1.54) is 19.3 Å². The first-order valence-corrected chi connectivity index (χ1v) is 12.1. The second kappa shape index (κ2) is 10.8. The summed E-state index contributed by atoms with van der Waals surface area (Å²) >= 11 is 1.63. The molecule has 1 aliphatic heterocycles. The monoisotopic (exact) mass is 431 g/mol. The predicted octanol–water partition coefficient (Wildman–Crippen LogP) is 4.50. The van der Waals surface area contributed by atoms with E-state index in [9.17, 15) is 9.59 Å². The Hall–Kier alpha value is -2.02. The van der Waals surface area contributed by atoms with Gasteiger partial charge in [-0.25, -0.2) is 9.78 Å². The molecule has 30 heavy (non-hydrogen) atoms. The van der Waals surface area contributed by atoms with Crippen LogP contribution in [0.15, 0.2) is 29.3 Å². The number of carboxylic acid groups (broad SMARTS) is 1. The standard InChI is InChI=1S/C23H33N3O3S/c1-3-15-30-22-19(21(27)24-18-7-5-4-6-8-18)9-10-20(25-22)26-13-11-17(12-14-26)16(2)23(28)29/h9-10,17-18H,2-8,11-15H2,1H3,(H,24,27)(H,28,29). The number of carbonyl (C=O) groups is 2. The fraction of sp³-hybridized carbons (Fsp3) is 0.609. The highest BCUT2D eigenvalue weighted by Gasteiger charge is 2.26. The van der Waals surface area contributed by atoms with Gasteiger partial charge in [-0.3, -0.25) is 4.79 Å². The van der Waals surface area contributed by atoms with Crippen LogP contribution in [-0.2, 0) is 4.79 Å². The zero-order valence-electron chi connectivity index (χ0n) is 17.9. The molecule has 3 rings (SSSR count). The molecule has 2 heterocycles. The Bertz CT molecular complexity index is 769. The van der Waals surface area contributed by atoms with Gasteiger partial charge in [-0.15, -0.1) is 11.8 Å². The number of anilines is 1. The van der Waals surface area contributed by atoms with E-state index in [4.69, 9.17) is 10.1 Å². The number of nitrogens with zero attached hydrogens (tertiary/aromatic N) is 2. The van der Waals surface area contributed by atoms with Gasteiger partial charge in [-0.05, 0) is 55.9 Å². The van der Waals surface area contributed by atoms with Gasteiger partial charge in [-0.2, -0.15) is 0 Å². The number of carbonyl (C=O) groups excluding carboxylic acids is 1. The van der Waals surface area contributed by atoms with Crippen LogP contribution in [0.4, 0.5) is 5.82 Å². The number of hydrogen-bond donors (Lipinski definition) is 2. The molecule has 1 amide bonds. The van der Waals surface area contributed by atoms with Crippen LogP contribution >= 0.6 is 11.8 Å². The second-order valence-corrected chi connectivity index (χ2v) is 9.35. The molecular weight excluding hydrogens is 398 g/mol. The van der Waals surface area contributed by atoms with Gasteiger partial charge in [0.05, 0.1) is 5.56 Å². The van der Waals surface area contributed by atoms with Crippen molar-refractivity contribution in [1.82, 2.24) is 10.3 Å². The topological polar surface area (TPSA) is 82.5 Å². The van der Waals surface area contributed by atoms with E-state index in [0.29, 0.717) is 11.1 Å². The maximum Gasteiger partial charge on any atom is 0.331 e. The fourth-order valence-corrected chi connectivity index (χ4v) is 5.10. The molecule has 2 N–H and O–H groups in total. The summed E-state index contributed by atoms with van der Waals surface area (Å²) in [6.45, 7) is 7.34. The van der Waals surface area contributed by atoms with Gasteiger partial charge < -0.3 is 15.3 Å². The van der Waals surface area contributed by atoms with E-state index in [-0.39, 0.29) is 17.9 Å². The van der Waals surface area contributed by atoms with Crippen LogP contribution in [0.5, 0.6) is 0 Å². The lowest BCUT2D eigenvalue weighted by Gasteiger charge is -2.33. The van der Waals surface area contributed by atoms with Crippen molar-refractivity contribution in [3.63, 3.8) is 0 Å². The average Bonchev–Trinajstić information content (AvgIpc) is 2.77. The van der Waals surface area contributed by atoms with E-state index in [0.717, 1.165) is 61.8 Å². The molecule has 1 aromatic heterocycles. The Labute approximate surface area is 183 Å². The lowest BCUT2D eigenvalue weighted by atomic mass is 9.90. The normalized spacial score (nSPS) is 18.2. The Morgan fingerprint density at radius 1 is 1.20 bits per heavy atom. The maximum absolute atomic E-state index is 12.9. The quantitative estimate of drug-likeness (QED) is 0.466.